The Morgan fingerprint density at radius 2 is 2.00 bits per heavy atom. The van der Waals surface area contributed by atoms with Crippen LogP contribution < -0.4 is 0 Å². The van der Waals surface area contributed by atoms with Gasteiger partial charge in [-0.15, -0.1) is 10.2 Å². The number of aromatic amines is 1. The number of rotatable bonds is 7. The number of hydrogen-bond acceptors (Lipinski definition) is 5. The molecule has 2 aliphatic carbocycles. The number of hydrogen-bond donors (Lipinski definition) is 1. The van der Waals surface area contributed by atoms with Crippen LogP contribution in [0.2, 0.25) is 5.02 Å². The van der Waals surface area contributed by atoms with Crippen molar-refractivity contribution in [1.82, 2.24) is 29.6 Å². The number of likely N-dealkylation sites (tertiary alicyclic amines) is 1. The molecule has 0 radical (unpaired) electrons. The summed E-state index contributed by atoms with van der Waals surface area (Å²) in [5.41, 5.74) is 4.23. The molecule has 40 heavy (non-hydrogen) atoms. The van der Waals surface area contributed by atoms with Crippen molar-refractivity contribution in [2.75, 3.05) is 20.2 Å². The smallest absolute Gasteiger partial charge is 0.156 e. The Labute approximate surface area is 239 Å². The summed E-state index contributed by atoms with van der Waals surface area (Å²) in [6, 6.07) is 7.99. The van der Waals surface area contributed by atoms with Crippen LogP contribution in [0.5, 0.6) is 0 Å². The first-order valence-corrected chi connectivity index (χ1v) is 14.8. The van der Waals surface area contributed by atoms with Crippen LogP contribution in [0.25, 0.3) is 22.2 Å². The molecule has 4 aromatic rings. The summed E-state index contributed by atoms with van der Waals surface area (Å²) < 4.78 is 24.0. The van der Waals surface area contributed by atoms with Crippen molar-refractivity contribution in [1.29, 1.82) is 0 Å². The number of aromatic nitrogens is 5. The number of methoxy groups -OCH3 is 1. The van der Waals surface area contributed by atoms with Gasteiger partial charge in [0.2, 0.25) is 0 Å². The third-order valence-corrected chi connectivity index (χ3v) is 9.60. The third kappa shape index (κ3) is 4.45. The van der Waals surface area contributed by atoms with Crippen molar-refractivity contribution < 1.29 is 9.13 Å². The fourth-order valence-electron chi connectivity index (χ4n) is 6.92. The van der Waals surface area contributed by atoms with Crippen LogP contribution in [0.1, 0.15) is 74.1 Å². The van der Waals surface area contributed by atoms with Crippen LogP contribution in [-0.2, 0) is 23.7 Å². The van der Waals surface area contributed by atoms with Crippen molar-refractivity contribution in [2.24, 2.45) is 13.0 Å². The van der Waals surface area contributed by atoms with Crippen LogP contribution in [0.4, 0.5) is 4.39 Å². The van der Waals surface area contributed by atoms with E-state index in [9.17, 15) is 0 Å². The Kier molecular flexibility index (Phi) is 6.48. The van der Waals surface area contributed by atoms with Crippen molar-refractivity contribution >= 4 is 22.5 Å². The van der Waals surface area contributed by atoms with E-state index in [4.69, 9.17) is 21.3 Å². The number of ether oxygens (including phenoxy) is 1. The second-order valence-corrected chi connectivity index (χ2v) is 12.7. The van der Waals surface area contributed by atoms with E-state index in [1.807, 2.05) is 23.7 Å². The molecule has 210 valence electrons. The molecule has 7 nitrogen and oxygen atoms in total. The predicted octanol–water partition coefficient (Wildman–Crippen LogP) is 6.36. The molecule has 7 rings (SSSR count). The van der Waals surface area contributed by atoms with E-state index < -0.39 is 0 Å². The van der Waals surface area contributed by atoms with Gasteiger partial charge in [0.15, 0.2) is 5.82 Å². The van der Waals surface area contributed by atoms with Gasteiger partial charge in [0.25, 0.3) is 0 Å². The van der Waals surface area contributed by atoms with Crippen LogP contribution in [0, 0.1) is 11.7 Å². The summed E-state index contributed by atoms with van der Waals surface area (Å²) in [4.78, 5) is 10.8. The minimum atomic E-state index is -0.358. The Morgan fingerprint density at radius 3 is 2.70 bits per heavy atom. The average molecular weight is 563 g/mol. The highest BCUT2D eigenvalue weighted by molar-refractivity contribution is 6.35. The maximum absolute atomic E-state index is 16.3. The highest BCUT2D eigenvalue weighted by Crippen LogP contribution is 2.51. The summed E-state index contributed by atoms with van der Waals surface area (Å²) in [7, 11) is 3.73. The Balaban J connectivity index is 1.31. The first-order chi connectivity index (χ1) is 19.3. The zero-order valence-electron chi connectivity index (χ0n) is 23.4. The molecule has 4 heterocycles. The molecule has 9 heteroatoms. The van der Waals surface area contributed by atoms with Crippen molar-refractivity contribution in [3.63, 3.8) is 0 Å². The van der Waals surface area contributed by atoms with Gasteiger partial charge >= 0.3 is 0 Å². The van der Waals surface area contributed by atoms with E-state index in [-0.39, 0.29) is 17.3 Å². The maximum atomic E-state index is 16.3. The van der Waals surface area contributed by atoms with Gasteiger partial charge in [0.05, 0.1) is 27.8 Å². The van der Waals surface area contributed by atoms with Gasteiger partial charge in [-0.3, -0.25) is 9.88 Å². The second kappa shape index (κ2) is 9.93. The molecule has 1 aromatic carbocycles. The number of halogens is 2. The monoisotopic (exact) mass is 562 g/mol. The summed E-state index contributed by atoms with van der Waals surface area (Å²) in [6.07, 6.45) is 8.14. The summed E-state index contributed by atoms with van der Waals surface area (Å²) in [5.74, 6) is 1.68. The quantitative estimate of drug-likeness (QED) is 0.284. The van der Waals surface area contributed by atoms with Gasteiger partial charge in [-0.05, 0) is 80.8 Å². The molecule has 0 bridgehead atoms. The number of piperidine rings is 1. The van der Waals surface area contributed by atoms with Crippen molar-refractivity contribution in [2.45, 2.75) is 69.4 Å². The Hall–Kier alpha value is -2.81. The minimum absolute atomic E-state index is 0.139. The minimum Gasteiger partial charge on any atom is -0.381 e. The second-order valence-electron chi connectivity index (χ2n) is 12.3. The zero-order chi connectivity index (χ0) is 27.6. The maximum Gasteiger partial charge on any atom is 0.156 e. The fraction of sp³-hybridized carbons (Fsp3) is 0.516. The van der Waals surface area contributed by atoms with E-state index in [0.717, 1.165) is 73.5 Å². The van der Waals surface area contributed by atoms with Crippen LogP contribution in [0.15, 0.2) is 30.6 Å². The van der Waals surface area contributed by atoms with E-state index in [0.29, 0.717) is 33.6 Å². The Bertz CT molecular complexity index is 1570. The van der Waals surface area contributed by atoms with E-state index in [1.165, 1.54) is 12.8 Å². The molecule has 3 aliphatic rings. The first kappa shape index (κ1) is 26.1. The van der Waals surface area contributed by atoms with E-state index >= 15 is 4.39 Å². The molecule has 1 N–H and O–H groups in total. The summed E-state index contributed by atoms with van der Waals surface area (Å²) in [5, 5.41) is 9.94. The predicted molar refractivity (Wildman–Crippen MR) is 154 cm³/mol. The number of nitrogens with zero attached hydrogens (tertiary/aromatic N) is 5. The summed E-state index contributed by atoms with van der Waals surface area (Å²) in [6.45, 7) is 5.20. The van der Waals surface area contributed by atoms with Crippen molar-refractivity contribution in [3.8, 4) is 11.3 Å². The van der Waals surface area contributed by atoms with Crippen LogP contribution >= 0.6 is 11.6 Å². The Morgan fingerprint density at radius 1 is 1.18 bits per heavy atom. The largest absolute Gasteiger partial charge is 0.381 e. The molecule has 1 atom stereocenters. The highest BCUT2D eigenvalue weighted by Gasteiger charge is 2.51. The molecule has 1 aliphatic heterocycles. The van der Waals surface area contributed by atoms with Crippen molar-refractivity contribution in [3.05, 3.63) is 64.2 Å². The zero-order valence-corrected chi connectivity index (χ0v) is 24.1. The lowest BCUT2D eigenvalue weighted by Gasteiger charge is -2.46. The molecule has 0 amide bonds. The lowest BCUT2D eigenvalue weighted by molar-refractivity contribution is -0.00700. The molecule has 0 unspecified atom stereocenters. The van der Waals surface area contributed by atoms with Gasteiger partial charge in [0, 0.05) is 55.5 Å². The number of pyridine rings is 1. The number of H-pyrrole nitrogens is 1. The molecule has 3 aromatic heterocycles. The molecule has 0 spiro atoms. The van der Waals surface area contributed by atoms with Gasteiger partial charge in [-0.2, -0.15) is 0 Å². The lowest BCUT2D eigenvalue weighted by atomic mass is 9.61. The van der Waals surface area contributed by atoms with Gasteiger partial charge in [0.1, 0.15) is 12.2 Å². The van der Waals surface area contributed by atoms with Crippen LogP contribution in [0.3, 0.4) is 0 Å². The van der Waals surface area contributed by atoms with Gasteiger partial charge in [-0.25, -0.2) is 4.39 Å². The average Bonchev–Trinajstić information content (AvgIpc) is 3.55. The SMILES string of the molecule is COC1CC(c2cc(-c3cc(Cl)c4cc(CN5CCC[C@H](C)C5)[nH]c4c3F)nc(C3CC3)c2)(c2nncn2C)C1. The highest BCUT2D eigenvalue weighted by atomic mass is 35.5. The number of nitrogens with one attached hydrogen (secondary N) is 1. The topological polar surface area (TPSA) is 71.9 Å². The molecular formula is C31H36ClFN6O. The number of benzene rings is 1. The molecule has 3 fully saturated rings. The molecular weight excluding hydrogens is 527 g/mol. The fourth-order valence-corrected chi connectivity index (χ4v) is 7.18. The molecule has 2 saturated carbocycles. The normalized spacial score (nSPS) is 25.4. The lowest BCUT2D eigenvalue weighted by Crippen LogP contribution is -2.48. The summed E-state index contributed by atoms with van der Waals surface area (Å²) >= 11 is 6.82. The van der Waals surface area contributed by atoms with Crippen LogP contribution in [-0.4, -0.2) is 55.9 Å². The standard InChI is InChI=1S/C31H36ClFN6O/c1-18-5-4-8-39(15-18)16-21-11-23-25(32)12-24(28(33)29(23)35-21)27-10-20(9-26(36-27)19-6-7-19)31(13-22(14-31)40-3)30-37-34-17-38(30)2/h9-12,17-19,22,35H,4-8,13-16H2,1-3H3/t18-,22?,31?/m0/s1. The van der Waals surface area contributed by atoms with E-state index in [1.54, 1.807) is 19.5 Å². The first-order valence-electron chi connectivity index (χ1n) is 14.5. The molecule has 1 saturated heterocycles. The van der Waals surface area contributed by atoms with Gasteiger partial charge < -0.3 is 14.3 Å². The third-order valence-electron chi connectivity index (χ3n) is 9.29. The van der Waals surface area contributed by atoms with Gasteiger partial charge in [-0.1, -0.05) is 18.5 Å². The number of aryl methyl sites for hydroxylation is 1. The van der Waals surface area contributed by atoms with E-state index in [2.05, 4.69) is 33.1 Å². The number of fused-ring (bicyclic) bond motifs is 1.